The van der Waals surface area contributed by atoms with E-state index in [1.54, 1.807) is 11.3 Å². The number of nitrogens with zero attached hydrogens (tertiary/aromatic N) is 4. The van der Waals surface area contributed by atoms with Gasteiger partial charge in [-0.1, -0.05) is 158 Å². The fraction of sp³-hybridized carbons (Fsp3) is 0. The molecule has 0 aliphatic carbocycles. The summed E-state index contributed by atoms with van der Waals surface area (Å²) >= 11 is 3.65. The number of benzene rings is 10. The van der Waals surface area contributed by atoms with E-state index in [0.717, 1.165) is 49.8 Å². The minimum absolute atomic E-state index is 0.637. The Labute approximate surface area is 386 Å². The van der Waals surface area contributed by atoms with E-state index in [9.17, 15) is 0 Å². The van der Waals surface area contributed by atoms with E-state index in [4.69, 9.17) is 19.9 Å². The van der Waals surface area contributed by atoms with Crippen LogP contribution in [0.4, 0.5) is 0 Å². The van der Waals surface area contributed by atoms with Gasteiger partial charge in [-0.2, -0.15) is 0 Å². The molecule has 4 heterocycles. The Morgan fingerprint density at radius 2 is 0.864 bits per heavy atom. The minimum Gasteiger partial charge on any atom is -0.247 e. The topological polar surface area (TPSA) is 51.6 Å². The first-order chi connectivity index (χ1) is 32.7. The first kappa shape index (κ1) is 37.2. The highest BCUT2D eigenvalue weighted by Crippen LogP contribution is 2.47. The third kappa shape index (κ3) is 5.82. The predicted molar refractivity (Wildman–Crippen MR) is 281 cm³/mol. The van der Waals surface area contributed by atoms with Gasteiger partial charge in [-0.05, 0) is 81.2 Å². The molecule has 6 heteroatoms. The SMILES string of the molecule is c1ccc(-c2nc(-c3cccc(-c4ccc5sc6ccc7c(-c8c9ccccc9cc9ccccc89)nc8ccccc8c7c6c5c4)c3)nc(-c3cccc4sc5ccccc5c34)n2)cc1. The maximum Gasteiger partial charge on any atom is 0.164 e. The lowest BCUT2D eigenvalue weighted by Gasteiger charge is -2.16. The van der Waals surface area contributed by atoms with Gasteiger partial charge in [-0.25, -0.2) is 19.9 Å². The first-order valence-electron chi connectivity index (χ1n) is 22.1. The van der Waals surface area contributed by atoms with Crippen LogP contribution >= 0.6 is 22.7 Å². The zero-order chi connectivity index (χ0) is 43.3. The van der Waals surface area contributed by atoms with Crippen LogP contribution < -0.4 is 0 Å². The van der Waals surface area contributed by atoms with Crippen LogP contribution in [-0.2, 0) is 0 Å². The summed E-state index contributed by atoms with van der Waals surface area (Å²) in [6.45, 7) is 0. The van der Waals surface area contributed by atoms with Gasteiger partial charge in [-0.15, -0.1) is 22.7 Å². The molecule has 0 N–H and O–H groups in total. The molecule has 0 saturated carbocycles. The van der Waals surface area contributed by atoms with E-state index in [-0.39, 0.29) is 0 Å². The molecule has 0 aliphatic rings. The number of thiophene rings is 2. The number of para-hydroxylation sites is 1. The maximum atomic E-state index is 5.51. The van der Waals surface area contributed by atoms with Gasteiger partial charge in [0.2, 0.25) is 0 Å². The van der Waals surface area contributed by atoms with E-state index < -0.39 is 0 Å². The van der Waals surface area contributed by atoms with Gasteiger partial charge < -0.3 is 0 Å². The molecule has 0 saturated heterocycles. The quantitative estimate of drug-likeness (QED) is 0.128. The van der Waals surface area contributed by atoms with Gasteiger partial charge >= 0.3 is 0 Å². The summed E-state index contributed by atoms with van der Waals surface area (Å²) in [4.78, 5) is 21.1. The first-order valence-corrected chi connectivity index (χ1v) is 23.7. The van der Waals surface area contributed by atoms with Crippen LogP contribution in [0, 0.1) is 0 Å². The second-order valence-corrected chi connectivity index (χ2v) is 19.0. The van der Waals surface area contributed by atoms with Gasteiger partial charge in [0.25, 0.3) is 0 Å². The molecular formula is C60H34N4S2. The van der Waals surface area contributed by atoms with Gasteiger partial charge in [0.15, 0.2) is 17.5 Å². The van der Waals surface area contributed by atoms with Crippen LogP contribution in [0.15, 0.2) is 206 Å². The molecule has 14 rings (SSSR count). The van der Waals surface area contributed by atoms with Crippen LogP contribution in [0.1, 0.15) is 0 Å². The van der Waals surface area contributed by atoms with Crippen LogP contribution in [0.5, 0.6) is 0 Å². The van der Waals surface area contributed by atoms with E-state index in [2.05, 4.69) is 188 Å². The van der Waals surface area contributed by atoms with E-state index in [1.165, 1.54) is 72.8 Å². The molecule has 0 spiro atoms. The Bertz CT molecular complexity index is 4250. The Hall–Kier alpha value is -8.16. The van der Waals surface area contributed by atoms with E-state index in [1.807, 2.05) is 29.5 Å². The van der Waals surface area contributed by atoms with Crippen LogP contribution in [0.3, 0.4) is 0 Å². The smallest absolute Gasteiger partial charge is 0.164 e. The van der Waals surface area contributed by atoms with Crippen molar-refractivity contribution in [1.29, 1.82) is 0 Å². The van der Waals surface area contributed by atoms with Crippen molar-refractivity contribution in [2.45, 2.75) is 0 Å². The van der Waals surface area contributed by atoms with Crippen molar-refractivity contribution in [2.75, 3.05) is 0 Å². The van der Waals surface area contributed by atoms with Gasteiger partial charge in [0.1, 0.15) is 0 Å². The second-order valence-electron chi connectivity index (χ2n) is 16.9. The molecular weight excluding hydrogens is 841 g/mol. The Morgan fingerprint density at radius 1 is 0.288 bits per heavy atom. The number of rotatable bonds is 5. The monoisotopic (exact) mass is 874 g/mol. The zero-order valence-electron chi connectivity index (χ0n) is 35.2. The normalized spacial score (nSPS) is 11.9. The molecule has 0 fully saturated rings. The van der Waals surface area contributed by atoms with Crippen molar-refractivity contribution < 1.29 is 0 Å². The summed E-state index contributed by atoms with van der Waals surface area (Å²) in [5.74, 6) is 1.94. The zero-order valence-corrected chi connectivity index (χ0v) is 36.9. The van der Waals surface area contributed by atoms with Crippen LogP contribution in [-0.4, -0.2) is 19.9 Å². The van der Waals surface area contributed by atoms with Crippen LogP contribution in [0.2, 0.25) is 0 Å². The summed E-state index contributed by atoms with van der Waals surface area (Å²) in [6.07, 6.45) is 0. The maximum absolute atomic E-state index is 5.51. The van der Waals surface area contributed by atoms with Gasteiger partial charge in [0.05, 0.1) is 11.2 Å². The number of hydrogen-bond donors (Lipinski definition) is 0. The number of aromatic nitrogens is 4. The molecule has 0 radical (unpaired) electrons. The summed E-state index contributed by atoms with van der Waals surface area (Å²) in [5, 5.41) is 13.3. The lowest BCUT2D eigenvalue weighted by atomic mass is 9.90. The Balaban J connectivity index is 0.968. The Morgan fingerprint density at radius 3 is 1.68 bits per heavy atom. The fourth-order valence-electron chi connectivity index (χ4n) is 10.1. The van der Waals surface area contributed by atoms with Crippen molar-refractivity contribution in [2.24, 2.45) is 0 Å². The molecule has 0 amide bonds. The second kappa shape index (κ2) is 14.7. The molecule has 0 aliphatic heterocycles. The molecule has 0 unspecified atom stereocenters. The average Bonchev–Trinajstić information content (AvgIpc) is 3.96. The minimum atomic E-state index is 0.637. The largest absolute Gasteiger partial charge is 0.247 e. The Kier molecular flexibility index (Phi) is 8.29. The molecule has 4 aromatic heterocycles. The van der Waals surface area contributed by atoms with Crippen molar-refractivity contribution >= 4 is 106 Å². The molecule has 66 heavy (non-hydrogen) atoms. The highest BCUT2D eigenvalue weighted by atomic mass is 32.1. The standard InChI is InChI=1S/C60H34N4S2/c1-2-14-35(15-3-1)58-62-59(64-60(63-58)46-24-13-27-51-53(46)44-23-9-11-26-49(44)65-51)40-19-12-18-36(32-40)37-28-30-50-47(34-37)56-52(66-50)31-29-45-54(56)43-22-8-10-25-48(43)61-57(45)55-41-20-6-4-16-38(41)33-39-17-5-7-21-42(39)55/h1-34H. The fourth-order valence-corrected chi connectivity index (χ4v) is 12.3. The van der Waals surface area contributed by atoms with Crippen molar-refractivity contribution in [3.63, 3.8) is 0 Å². The summed E-state index contributed by atoms with van der Waals surface area (Å²) in [6, 6.07) is 73.8. The van der Waals surface area contributed by atoms with Crippen molar-refractivity contribution in [1.82, 2.24) is 19.9 Å². The average molecular weight is 875 g/mol. The number of fused-ring (bicyclic) bond motifs is 12. The molecule has 306 valence electrons. The molecule has 10 aromatic carbocycles. The lowest BCUT2D eigenvalue weighted by Crippen LogP contribution is -2.00. The van der Waals surface area contributed by atoms with Crippen LogP contribution in [0.25, 0.3) is 140 Å². The molecule has 0 atom stereocenters. The third-order valence-corrected chi connectivity index (χ3v) is 15.3. The molecule has 14 aromatic rings. The van der Waals surface area contributed by atoms with E-state index in [0.29, 0.717) is 17.5 Å². The number of pyridine rings is 1. The van der Waals surface area contributed by atoms with Gasteiger partial charge in [-0.3, -0.25) is 0 Å². The summed E-state index contributed by atoms with van der Waals surface area (Å²) < 4.78 is 4.97. The predicted octanol–water partition coefficient (Wildman–Crippen LogP) is 17.0. The molecule has 4 nitrogen and oxygen atoms in total. The third-order valence-electron chi connectivity index (χ3n) is 13.1. The van der Waals surface area contributed by atoms with E-state index >= 15 is 0 Å². The number of hydrogen-bond acceptors (Lipinski definition) is 6. The highest BCUT2D eigenvalue weighted by molar-refractivity contribution is 7.26. The van der Waals surface area contributed by atoms with Crippen molar-refractivity contribution in [3.05, 3.63) is 206 Å². The highest BCUT2D eigenvalue weighted by Gasteiger charge is 2.21. The van der Waals surface area contributed by atoms with Gasteiger partial charge in [0, 0.05) is 78.8 Å². The lowest BCUT2D eigenvalue weighted by molar-refractivity contribution is 1.08. The van der Waals surface area contributed by atoms with Crippen molar-refractivity contribution in [3.8, 4) is 56.5 Å². The summed E-state index contributed by atoms with van der Waals surface area (Å²) in [5.41, 5.74) is 8.28. The molecule has 0 bridgehead atoms. The summed E-state index contributed by atoms with van der Waals surface area (Å²) in [7, 11) is 0.